The van der Waals surface area contributed by atoms with Gasteiger partial charge in [0.25, 0.3) is 5.91 Å². The number of benzene rings is 1. The Kier molecular flexibility index (Phi) is 7.94. The molecule has 2 heterocycles. The second kappa shape index (κ2) is 10.7. The van der Waals surface area contributed by atoms with Gasteiger partial charge in [-0.25, -0.2) is 26.9 Å². The lowest BCUT2D eigenvalue weighted by molar-refractivity contribution is 0.0951. The molecular formula is C22H26F2N6O3S. The number of hydrogen-bond acceptors (Lipinski definition) is 6. The molecule has 3 rings (SSSR count). The van der Waals surface area contributed by atoms with Gasteiger partial charge in [0.15, 0.2) is 5.82 Å². The molecular weight excluding hydrogens is 466 g/mol. The van der Waals surface area contributed by atoms with Crippen LogP contribution >= 0.6 is 0 Å². The lowest BCUT2D eigenvalue weighted by Crippen LogP contribution is -2.41. The van der Waals surface area contributed by atoms with E-state index in [1.54, 1.807) is 32.3 Å². The van der Waals surface area contributed by atoms with Gasteiger partial charge in [-0.05, 0) is 37.1 Å². The molecule has 0 unspecified atom stereocenters. The summed E-state index contributed by atoms with van der Waals surface area (Å²) in [4.78, 5) is 17.1. The number of rotatable bonds is 10. The zero-order valence-corrected chi connectivity index (χ0v) is 19.8. The van der Waals surface area contributed by atoms with Crippen LogP contribution in [0.5, 0.6) is 0 Å². The van der Waals surface area contributed by atoms with Crippen molar-refractivity contribution in [2.45, 2.75) is 19.4 Å². The molecule has 0 saturated heterocycles. The van der Waals surface area contributed by atoms with Crippen LogP contribution in [-0.4, -0.2) is 54.5 Å². The highest BCUT2D eigenvalue weighted by Gasteiger charge is 2.20. The summed E-state index contributed by atoms with van der Waals surface area (Å²) < 4.78 is 54.9. The third-order valence-electron chi connectivity index (χ3n) is 4.78. The Hall–Kier alpha value is -3.38. The van der Waals surface area contributed by atoms with Crippen molar-refractivity contribution in [1.82, 2.24) is 24.8 Å². The normalized spacial score (nSPS) is 12.4. The highest BCUT2D eigenvalue weighted by molar-refractivity contribution is 7.88. The number of aromatic nitrogens is 3. The number of aryl methyl sites for hydroxylation is 1. The van der Waals surface area contributed by atoms with Crippen molar-refractivity contribution in [1.29, 1.82) is 0 Å². The highest BCUT2D eigenvalue weighted by atomic mass is 32.2. The molecule has 1 atom stereocenters. The maximum Gasteiger partial charge on any atom is 0.255 e. The molecule has 3 N–H and O–H groups in total. The van der Waals surface area contributed by atoms with Crippen molar-refractivity contribution in [3.05, 3.63) is 65.5 Å². The van der Waals surface area contributed by atoms with Gasteiger partial charge in [0.1, 0.15) is 17.3 Å². The molecule has 0 fully saturated rings. The summed E-state index contributed by atoms with van der Waals surface area (Å²) in [7, 11) is -1.76. The number of hydrogen-bond donors (Lipinski definition) is 3. The standard InChI is InChI=1S/C22H26F2N6O3S/c1-14(29-34(3,32)33)11-26-22(31)18-10-19(24)20(16-12-27-30(2)13-16)28-21(18)25-8-7-15-5-4-6-17(23)9-15/h4-6,9-10,12-14,29H,7-8,11H2,1-3H3,(H,25,28)(H,26,31)/t14-/m1/s1. The van der Waals surface area contributed by atoms with E-state index in [-0.39, 0.29) is 29.4 Å². The number of anilines is 1. The van der Waals surface area contributed by atoms with Gasteiger partial charge in [0.05, 0.1) is 18.0 Å². The number of carbonyl (C=O) groups excluding carboxylic acids is 1. The molecule has 0 spiro atoms. The number of pyridine rings is 1. The number of nitrogens with one attached hydrogen (secondary N) is 3. The van der Waals surface area contributed by atoms with Crippen LogP contribution in [-0.2, 0) is 23.5 Å². The maximum absolute atomic E-state index is 14.9. The Bertz CT molecular complexity index is 1280. The molecule has 12 heteroatoms. The molecule has 3 aromatic rings. The van der Waals surface area contributed by atoms with Crippen LogP contribution in [0.2, 0.25) is 0 Å². The van der Waals surface area contributed by atoms with Crippen LogP contribution in [0.1, 0.15) is 22.8 Å². The minimum absolute atomic E-state index is 0.0133. The maximum atomic E-state index is 14.9. The first-order valence-corrected chi connectivity index (χ1v) is 12.3. The van der Waals surface area contributed by atoms with Crippen LogP contribution < -0.4 is 15.4 Å². The molecule has 2 aromatic heterocycles. The second-order valence-corrected chi connectivity index (χ2v) is 9.71. The molecule has 182 valence electrons. The fraction of sp³-hybridized carbons (Fsp3) is 0.318. The molecule has 1 amide bonds. The topological polar surface area (TPSA) is 118 Å². The zero-order valence-electron chi connectivity index (χ0n) is 19.0. The number of halogens is 2. The van der Waals surface area contributed by atoms with E-state index in [1.165, 1.54) is 23.0 Å². The summed E-state index contributed by atoms with van der Waals surface area (Å²) in [6, 6.07) is 6.63. The molecule has 0 aliphatic carbocycles. The third-order valence-corrected chi connectivity index (χ3v) is 5.61. The van der Waals surface area contributed by atoms with E-state index >= 15 is 0 Å². The van der Waals surface area contributed by atoms with Gasteiger partial charge in [-0.15, -0.1) is 0 Å². The van der Waals surface area contributed by atoms with Gasteiger partial charge < -0.3 is 10.6 Å². The summed E-state index contributed by atoms with van der Waals surface area (Å²) in [5, 5.41) is 9.65. The first kappa shape index (κ1) is 25.2. The van der Waals surface area contributed by atoms with Crippen LogP contribution in [0.3, 0.4) is 0 Å². The van der Waals surface area contributed by atoms with Crippen LogP contribution in [0.25, 0.3) is 11.3 Å². The largest absolute Gasteiger partial charge is 0.369 e. The van der Waals surface area contributed by atoms with Crippen LogP contribution in [0, 0.1) is 11.6 Å². The Morgan fingerprint density at radius 2 is 2.00 bits per heavy atom. The summed E-state index contributed by atoms with van der Waals surface area (Å²) in [6.07, 6.45) is 4.51. The first-order chi connectivity index (χ1) is 16.0. The van der Waals surface area contributed by atoms with Crippen LogP contribution in [0.15, 0.2) is 42.7 Å². The predicted molar refractivity (Wildman–Crippen MR) is 125 cm³/mol. The van der Waals surface area contributed by atoms with Crippen molar-refractivity contribution in [3.63, 3.8) is 0 Å². The second-order valence-electron chi connectivity index (χ2n) is 7.93. The average molecular weight is 493 g/mol. The van der Waals surface area contributed by atoms with Crippen molar-refractivity contribution in [2.24, 2.45) is 7.05 Å². The van der Waals surface area contributed by atoms with Gasteiger partial charge >= 0.3 is 0 Å². The van der Waals surface area contributed by atoms with E-state index in [4.69, 9.17) is 0 Å². The van der Waals surface area contributed by atoms with Gasteiger partial charge in [-0.2, -0.15) is 5.10 Å². The highest BCUT2D eigenvalue weighted by Crippen LogP contribution is 2.25. The number of sulfonamides is 1. The SMILES string of the molecule is C[C@H](CNC(=O)c1cc(F)c(-c2cnn(C)c2)nc1NCCc1cccc(F)c1)NS(C)(=O)=O. The smallest absolute Gasteiger partial charge is 0.255 e. The third kappa shape index (κ3) is 7.06. The van der Waals surface area contributed by atoms with Crippen molar-refractivity contribution in [2.75, 3.05) is 24.7 Å². The monoisotopic (exact) mass is 492 g/mol. The number of nitrogens with zero attached hydrogens (tertiary/aromatic N) is 3. The molecule has 9 nitrogen and oxygen atoms in total. The number of amides is 1. The van der Waals surface area contributed by atoms with Gasteiger partial charge in [-0.3, -0.25) is 9.48 Å². The fourth-order valence-electron chi connectivity index (χ4n) is 3.31. The first-order valence-electron chi connectivity index (χ1n) is 10.4. The van der Waals surface area contributed by atoms with Crippen molar-refractivity contribution >= 4 is 21.7 Å². The minimum atomic E-state index is -3.45. The number of carbonyl (C=O) groups is 1. The van der Waals surface area contributed by atoms with Crippen molar-refractivity contribution < 1.29 is 22.0 Å². The van der Waals surface area contributed by atoms with Gasteiger partial charge in [0.2, 0.25) is 10.0 Å². The Labute approximate surface area is 196 Å². The Balaban J connectivity index is 1.82. The molecule has 0 bridgehead atoms. The van der Waals surface area contributed by atoms with E-state index in [9.17, 15) is 22.0 Å². The lowest BCUT2D eigenvalue weighted by Gasteiger charge is -2.16. The summed E-state index contributed by atoms with van der Waals surface area (Å²) >= 11 is 0. The van der Waals surface area contributed by atoms with E-state index in [2.05, 4.69) is 25.4 Å². The fourth-order valence-corrected chi connectivity index (χ4v) is 4.12. The quantitative estimate of drug-likeness (QED) is 0.399. The minimum Gasteiger partial charge on any atom is -0.369 e. The van der Waals surface area contributed by atoms with E-state index in [0.29, 0.717) is 18.5 Å². The van der Waals surface area contributed by atoms with E-state index < -0.39 is 27.8 Å². The molecule has 0 aliphatic heterocycles. The van der Waals surface area contributed by atoms with E-state index in [1.807, 2.05) is 0 Å². The Morgan fingerprint density at radius 3 is 2.65 bits per heavy atom. The summed E-state index contributed by atoms with van der Waals surface area (Å²) in [5.41, 5.74) is 1.15. The van der Waals surface area contributed by atoms with E-state index in [0.717, 1.165) is 17.9 Å². The summed E-state index contributed by atoms with van der Waals surface area (Å²) in [5.74, 6) is -1.55. The molecule has 0 radical (unpaired) electrons. The average Bonchev–Trinajstić information content (AvgIpc) is 3.17. The molecule has 34 heavy (non-hydrogen) atoms. The van der Waals surface area contributed by atoms with Gasteiger partial charge in [-0.1, -0.05) is 12.1 Å². The molecule has 0 saturated carbocycles. The van der Waals surface area contributed by atoms with Crippen molar-refractivity contribution in [3.8, 4) is 11.3 Å². The Morgan fingerprint density at radius 1 is 1.24 bits per heavy atom. The molecule has 0 aliphatic rings. The molecule has 1 aromatic carbocycles. The zero-order chi connectivity index (χ0) is 24.9. The summed E-state index contributed by atoms with van der Waals surface area (Å²) in [6.45, 7) is 1.88. The van der Waals surface area contributed by atoms with Gasteiger partial charge in [0, 0.05) is 37.9 Å². The predicted octanol–water partition coefficient (Wildman–Crippen LogP) is 2.08. The van der Waals surface area contributed by atoms with Crippen LogP contribution in [0.4, 0.5) is 14.6 Å². The lowest BCUT2D eigenvalue weighted by atomic mass is 10.1.